The third-order valence-electron chi connectivity index (χ3n) is 9.32. The van der Waals surface area contributed by atoms with Crippen LogP contribution in [0.3, 0.4) is 0 Å². The molecule has 1 saturated carbocycles. The molecule has 8 nitrogen and oxygen atoms in total. The summed E-state index contributed by atoms with van der Waals surface area (Å²) in [6, 6.07) is 16.5. The fourth-order valence-electron chi connectivity index (χ4n) is 6.88. The molecule has 0 aromatic heterocycles. The number of hydrogen-bond acceptors (Lipinski definition) is 6. The first kappa shape index (κ1) is 32.4. The van der Waals surface area contributed by atoms with Crippen molar-refractivity contribution < 1.29 is 28.7 Å². The zero-order valence-electron chi connectivity index (χ0n) is 25.3. The zero-order chi connectivity index (χ0) is 30.9. The minimum absolute atomic E-state index is 0.139. The van der Waals surface area contributed by atoms with E-state index in [0.29, 0.717) is 43.1 Å². The van der Waals surface area contributed by atoms with Gasteiger partial charge in [-0.2, -0.15) is 0 Å². The molecule has 5 rings (SSSR count). The Morgan fingerprint density at radius 3 is 2.52 bits per heavy atom. The van der Waals surface area contributed by atoms with Crippen molar-refractivity contribution in [1.29, 1.82) is 0 Å². The summed E-state index contributed by atoms with van der Waals surface area (Å²) in [5.41, 5.74) is 2.95. The van der Waals surface area contributed by atoms with Crippen LogP contribution in [0.5, 0.6) is 0 Å². The maximum absolute atomic E-state index is 13.8. The molecular weight excluding hydrogens is 576 g/mol. The molecule has 7 atom stereocenters. The Bertz CT molecular complexity index is 1300. The summed E-state index contributed by atoms with van der Waals surface area (Å²) in [6.07, 6.45) is 8.95. The molecule has 2 amide bonds. The largest absolute Gasteiger partial charge is 0.445 e. The SMILES string of the molecule is O=C(N[C@@H](CC1CCCCC1)[C@@H](O)C[C@@H](CC=Cc1ccccc1)C(=O)N[C@H]1c2ccccc2C[C@H]1O)O[C@H]1CCS(=O)C1. The van der Waals surface area contributed by atoms with Crippen molar-refractivity contribution in [3.8, 4) is 0 Å². The van der Waals surface area contributed by atoms with Gasteiger partial charge in [-0.25, -0.2) is 4.79 Å². The number of hydrogen-bond donors (Lipinski definition) is 4. The molecule has 2 aliphatic carbocycles. The second kappa shape index (κ2) is 15.8. The Morgan fingerprint density at radius 1 is 1.02 bits per heavy atom. The number of allylic oxidation sites excluding steroid dienone is 1. The van der Waals surface area contributed by atoms with Crippen LogP contribution in [-0.4, -0.2) is 62.3 Å². The van der Waals surface area contributed by atoms with Crippen molar-refractivity contribution in [1.82, 2.24) is 10.6 Å². The number of carbonyl (C=O) groups is 2. The van der Waals surface area contributed by atoms with E-state index in [-0.39, 0.29) is 18.4 Å². The van der Waals surface area contributed by atoms with Gasteiger partial charge in [0.15, 0.2) is 0 Å². The molecule has 1 unspecified atom stereocenters. The summed E-state index contributed by atoms with van der Waals surface area (Å²) in [6.45, 7) is 0. The van der Waals surface area contributed by atoms with Crippen molar-refractivity contribution in [2.24, 2.45) is 11.8 Å². The number of carbonyl (C=O) groups excluding carboxylic acids is 2. The Kier molecular flexibility index (Phi) is 11.6. The molecule has 9 heteroatoms. The van der Waals surface area contributed by atoms with Crippen LogP contribution in [0, 0.1) is 11.8 Å². The Balaban J connectivity index is 1.30. The van der Waals surface area contributed by atoms with Crippen LogP contribution in [0.4, 0.5) is 4.79 Å². The average molecular weight is 623 g/mol. The molecule has 44 heavy (non-hydrogen) atoms. The Labute approximate surface area is 263 Å². The number of aliphatic hydroxyl groups excluding tert-OH is 2. The molecule has 0 spiro atoms. The lowest BCUT2D eigenvalue weighted by Gasteiger charge is -2.32. The van der Waals surface area contributed by atoms with Gasteiger partial charge in [0.05, 0.1) is 30.0 Å². The van der Waals surface area contributed by atoms with Gasteiger partial charge in [-0.15, -0.1) is 0 Å². The fraction of sp³-hybridized carbons (Fsp3) is 0.543. The molecule has 0 bridgehead atoms. The number of aliphatic hydroxyl groups is 2. The van der Waals surface area contributed by atoms with Crippen LogP contribution in [0.1, 0.15) is 80.5 Å². The first-order valence-corrected chi connectivity index (χ1v) is 17.6. The van der Waals surface area contributed by atoms with E-state index in [2.05, 4.69) is 10.6 Å². The van der Waals surface area contributed by atoms with Crippen molar-refractivity contribution in [3.05, 3.63) is 77.4 Å². The van der Waals surface area contributed by atoms with Gasteiger partial charge in [0.2, 0.25) is 5.91 Å². The molecule has 1 aliphatic heterocycles. The van der Waals surface area contributed by atoms with Gasteiger partial charge in [0.25, 0.3) is 0 Å². The first-order valence-electron chi connectivity index (χ1n) is 16.1. The van der Waals surface area contributed by atoms with Gasteiger partial charge in [-0.1, -0.05) is 98.9 Å². The monoisotopic (exact) mass is 622 g/mol. The number of amides is 2. The summed E-state index contributed by atoms with van der Waals surface area (Å²) in [5.74, 6) is 0.413. The van der Waals surface area contributed by atoms with E-state index in [9.17, 15) is 24.0 Å². The zero-order valence-corrected chi connectivity index (χ0v) is 26.1. The van der Waals surface area contributed by atoms with E-state index in [0.717, 1.165) is 42.4 Å². The third kappa shape index (κ3) is 9.02. The predicted octanol–water partition coefficient (Wildman–Crippen LogP) is 4.82. The van der Waals surface area contributed by atoms with Gasteiger partial charge in [0.1, 0.15) is 6.10 Å². The van der Waals surface area contributed by atoms with E-state index in [1.54, 1.807) is 0 Å². The minimum Gasteiger partial charge on any atom is -0.445 e. The summed E-state index contributed by atoms with van der Waals surface area (Å²) < 4.78 is 17.4. The lowest BCUT2D eigenvalue weighted by Crippen LogP contribution is -2.47. The number of rotatable bonds is 12. The van der Waals surface area contributed by atoms with E-state index in [4.69, 9.17) is 4.74 Å². The molecule has 1 heterocycles. The van der Waals surface area contributed by atoms with E-state index < -0.39 is 47.1 Å². The number of benzene rings is 2. The average Bonchev–Trinajstić information content (AvgIpc) is 3.58. The maximum Gasteiger partial charge on any atom is 0.407 e. The van der Waals surface area contributed by atoms with E-state index in [1.165, 1.54) is 6.42 Å². The maximum atomic E-state index is 13.8. The second-order valence-corrected chi connectivity index (χ2v) is 14.2. The predicted molar refractivity (Wildman–Crippen MR) is 172 cm³/mol. The fourth-order valence-corrected chi connectivity index (χ4v) is 8.22. The van der Waals surface area contributed by atoms with E-state index >= 15 is 0 Å². The minimum atomic E-state index is -0.983. The highest BCUT2D eigenvalue weighted by atomic mass is 32.2. The highest BCUT2D eigenvalue weighted by Crippen LogP contribution is 2.33. The molecule has 2 fully saturated rings. The van der Waals surface area contributed by atoms with Gasteiger partial charge in [0, 0.05) is 28.9 Å². The van der Waals surface area contributed by atoms with Gasteiger partial charge in [-0.05, 0) is 48.3 Å². The number of fused-ring (bicyclic) bond motifs is 1. The van der Waals surface area contributed by atoms with Crippen molar-refractivity contribution in [3.63, 3.8) is 0 Å². The molecule has 1 saturated heterocycles. The first-order chi connectivity index (χ1) is 21.4. The summed E-state index contributed by atoms with van der Waals surface area (Å²) in [7, 11) is -0.969. The van der Waals surface area contributed by atoms with Gasteiger partial charge < -0.3 is 25.6 Å². The Hall–Kier alpha value is -3.01. The smallest absolute Gasteiger partial charge is 0.407 e. The van der Waals surface area contributed by atoms with Crippen molar-refractivity contribution in [2.75, 3.05) is 11.5 Å². The van der Waals surface area contributed by atoms with Crippen LogP contribution in [0.15, 0.2) is 60.7 Å². The summed E-state index contributed by atoms with van der Waals surface area (Å²) in [5, 5.41) is 28.4. The molecule has 4 N–H and O–H groups in total. The lowest BCUT2D eigenvalue weighted by atomic mass is 9.82. The highest BCUT2D eigenvalue weighted by molar-refractivity contribution is 7.85. The number of ether oxygens (including phenoxy) is 1. The normalized spacial score (nSPS) is 25.7. The standard InChI is InChI=1S/C35H46N2O6S/c38-31(30(20-25-12-5-2-6-13-25)36-35(41)43-28-18-19-44(42)23-28)22-27(16-9-14-24-10-3-1-4-11-24)34(40)37-33-29-17-8-7-15-26(29)21-32(33)39/h1,3-4,7-11,14-15,17,25,27-28,30-33,38-39H,2,5-6,12-13,16,18-23H2,(H,36,41)(H,37,40)/t27-,28+,30+,31+,32-,33+,44?/m1/s1. The molecule has 3 aliphatic rings. The van der Waals surface area contributed by atoms with Crippen molar-refractivity contribution >= 4 is 28.9 Å². The van der Waals surface area contributed by atoms with Crippen LogP contribution >= 0.6 is 0 Å². The van der Waals surface area contributed by atoms with Crippen molar-refractivity contribution in [2.45, 2.75) is 94.6 Å². The van der Waals surface area contributed by atoms with Crippen LogP contribution in [-0.2, 0) is 26.8 Å². The Morgan fingerprint density at radius 2 is 1.77 bits per heavy atom. The summed E-state index contributed by atoms with van der Waals surface area (Å²) >= 11 is 0. The topological polar surface area (TPSA) is 125 Å². The molecule has 238 valence electrons. The van der Waals surface area contributed by atoms with Crippen LogP contribution in [0.2, 0.25) is 0 Å². The molecule has 2 aromatic rings. The van der Waals surface area contributed by atoms with Crippen LogP contribution in [0.25, 0.3) is 6.08 Å². The number of nitrogens with one attached hydrogen (secondary N) is 2. The third-order valence-corrected chi connectivity index (χ3v) is 10.8. The van der Waals surface area contributed by atoms with Crippen LogP contribution < -0.4 is 10.6 Å². The highest BCUT2D eigenvalue weighted by Gasteiger charge is 2.36. The summed E-state index contributed by atoms with van der Waals surface area (Å²) in [4.78, 5) is 26.8. The second-order valence-electron chi connectivity index (χ2n) is 12.6. The number of alkyl carbamates (subject to hydrolysis) is 1. The molecule has 2 aromatic carbocycles. The van der Waals surface area contributed by atoms with Gasteiger partial charge in [-0.3, -0.25) is 9.00 Å². The quantitative estimate of drug-likeness (QED) is 0.269. The van der Waals surface area contributed by atoms with Gasteiger partial charge >= 0.3 is 6.09 Å². The molecule has 0 radical (unpaired) electrons. The van der Waals surface area contributed by atoms with E-state index in [1.807, 2.05) is 66.7 Å². The molecular formula is C35H46N2O6S. The lowest BCUT2D eigenvalue weighted by molar-refractivity contribution is -0.127.